The molecule has 0 amide bonds. The van der Waals surface area contributed by atoms with Crippen molar-refractivity contribution in [2.75, 3.05) is 20.3 Å². The zero-order valence-corrected chi connectivity index (χ0v) is 23.0. The van der Waals surface area contributed by atoms with Crippen molar-refractivity contribution >= 4 is 15.8 Å². The summed E-state index contributed by atoms with van der Waals surface area (Å²) in [6.45, 7) is 1.62. The van der Waals surface area contributed by atoms with Crippen LogP contribution in [-0.2, 0) is 42.9 Å². The molecule has 0 radical (unpaired) electrons. The number of benzene rings is 2. The molecule has 40 heavy (non-hydrogen) atoms. The van der Waals surface area contributed by atoms with Gasteiger partial charge < -0.3 is 18.6 Å². The average Bonchev–Trinajstić information content (AvgIpc) is 3.46. The Kier molecular flexibility index (Phi) is 8.41. The quantitative estimate of drug-likeness (QED) is 0.273. The van der Waals surface area contributed by atoms with Crippen LogP contribution in [0.15, 0.2) is 94.8 Å². The smallest absolute Gasteiger partial charge is 0.238 e. The van der Waals surface area contributed by atoms with Crippen molar-refractivity contribution in [1.82, 2.24) is 9.97 Å². The maximum atomic E-state index is 11.6. The van der Waals surface area contributed by atoms with E-state index in [1.54, 1.807) is 25.4 Å². The maximum Gasteiger partial charge on any atom is 0.238 e. The minimum Gasteiger partial charge on any atom is -0.489 e. The minimum absolute atomic E-state index is 0.0313. The van der Waals surface area contributed by atoms with E-state index in [2.05, 4.69) is 16.0 Å². The molecule has 1 aliphatic heterocycles. The largest absolute Gasteiger partial charge is 0.489 e. The van der Waals surface area contributed by atoms with Crippen molar-refractivity contribution in [2.24, 2.45) is 5.14 Å². The van der Waals surface area contributed by atoms with E-state index >= 15 is 0 Å². The van der Waals surface area contributed by atoms with Crippen LogP contribution in [0.4, 0.5) is 0 Å². The van der Waals surface area contributed by atoms with Gasteiger partial charge in [0.25, 0.3) is 0 Å². The van der Waals surface area contributed by atoms with Gasteiger partial charge in [0, 0.05) is 74.2 Å². The molecule has 4 aromatic rings. The fraction of sp³-hybridized carbons (Fsp3) is 0.267. The summed E-state index contributed by atoms with van der Waals surface area (Å²) in [6, 6.07) is 18.1. The van der Waals surface area contributed by atoms with Gasteiger partial charge in [0.15, 0.2) is 12.2 Å². The van der Waals surface area contributed by atoms with E-state index < -0.39 is 15.6 Å². The van der Waals surface area contributed by atoms with E-state index in [1.165, 1.54) is 18.5 Å². The third-order valence-electron chi connectivity index (χ3n) is 7.03. The number of primary sulfonamides is 1. The van der Waals surface area contributed by atoms with Gasteiger partial charge in [-0.25, -0.2) is 18.5 Å². The Labute approximate surface area is 233 Å². The predicted octanol–water partition coefficient (Wildman–Crippen LogP) is 4.84. The first-order chi connectivity index (χ1) is 19.4. The monoisotopic (exact) mass is 561 g/mol. The standard InChI is InChI=1S/C30H31N3O6S/c1-36-30(13-15-37-16-14-30)25-17-22(18-32-19-25)20-38-28(23-5-3-2-4-6-23)12-11-27-29(39-21-33-27)24-7-9-26(10-8-24)40(31,34)35/h2-10,12,17-19,21H,11,13-16,20H2,1H3,(H2,31,34,35)/b28-12+. The Morgan fingerprint density at radius 1 is 1.07 bits per heavy atom. The zero-order chi connectivity index (χ0) is 28.0. The van der Waals surface area contributed by atoms with E-state index in [1.807, 2.05) is 42.6 Å². The van der Waals surface area contributed by atoms with Crippen molar-refractivity contribution in [3.8, 4) is 11.3 Å². The fourth-order valence-corrected chi connectivity index (χ4v) is 5.30. The van der Waals surface area contributed by atoms with Gasteiger partial charge in [0.2, 0.25) is 10.0 Å². The van der Waals surface area contributed by atoms with Crippen molar-refractivity contribution in [3.05, 3.63) is 108 Å². The van der Waals surface area contributed by atoms with Crippen LogP contribution in [0, 0.1) is 0 Å². The van der Waals surface area contributed by atoms with Gasteiger partial charge in [-0.05, 0) is 36.4 Å². The molecule has 0 bridgehead atoms. The zero-order valence-electron chi connectivity index (χ0n) is 22.2. The number of hydrogen-bond acceptors (Lipinski definition) is 8. The number of nitrogens with two attached hydrogens (primary N) is 1. The van der Waals surface area contributed by atoms with Crippen molar-refractivity contribution in [1.29, 1.82) is 0 Å². The van der Waals surface area contributed by atoms with Crippen LogP contribution in [0.3, 0.4) is 0 Å². The molecule has 0 atom stereocenters. The lowest BCUT2D eigenvalue weighted by Crippen LogP contribution is -2.35. The van der Waals surface area contributed by atoms with E-state index in [-0.39, 0.29) is 4.90 Å². The molecule has 0 saturated carbocycles. The van der Waals surface area contributed by atoms with Crippen LogP contribution >= 0.6 is 0 Å². The molecule has 2 aromatic carbocycles. The molecule has 0 spiro atoms. The molecular weight excluding hydrogens is 530 g/mol. The van der Waals surface area contributed by atoms with Gasteiger partial charge in [-0.1, -0.05) is 30.3 Å². The predicted molar refractivity (Wildman–Crippen MR) is 149 cm³/mol. The molecule has 2 aromatic heterocycles. The number of rotatable bonds is 10. The lowest BCUT2D eigenvalue weighted by Gasteiger charge is -2.36. The van der Waals surface area contributed by atoms with Crippen molar-refractivity contribution in [2.45, 2.75) is 36.4 Å². The second-order valence-corrected chi connectivity index (χ2v) is 11.1. The van der Waals surface area contributed by atoms with E-state index in [0.29, 0.717) is 49.0 Å². The molecule has 1 aliphatic rings. The molecule has 208 valence electrons. The second kappa shape index (κ2) is 12.1. The first-order valence-corrected chi connectivity index (χ1v) is 14.4. The second-order valence-electron chi connectivity index (χ2n) is 9.52. The summed E-state index contributed by atoms with van der Waals surface area (Å²) >= 11 is 0. The van der Waals surface area contributed by atoms with Crippen LogP contribution in [0.25, 0.3) is 17.1 Å². The number of methoxy groups -OCH3 is 1. The number of hydrogen-bond donors (Lipinski definition) is 1. The summed E-state index contributed by atoms with van der Waals surface area (Å²) in [5, 5.41) is 5.22. The van der Waals surface area contributed by atoms with Crippen LogP contribution < -0.4 is 5.14 Å². The summed E-state index contributed by atoms with van der Waals surface area (Å²) < 4.78 is 46.7. The molecule has 3 heterocycles. The minimum atomic E-state index is -3.78. The Bertz CT molecular complexity index is 1560. The van der Waals surface area contributed by atoms with Crippen molar-refractivity contribution < 1.29 is 27.0 Å². The lowest BCUT2D eigenvalue weighted by molar-refractivity contribution is -0.0950. The Balaban J connectivity index is 1.36. The number of sulfonamides is 1. The average molecular weight is 562 g/mol. The van der Waals surface area contributed by atoms with Gasteiger partial charge in [-0.2, -0.15) is 0 Å². The van der Waals surface area contributed by atoms with Crippen LogP contribution in [0.1, 0.15) is 35.2 Å². The van der Waals surface area contributed by atoms with Gasteiger partial charge in [-0.3, -0.25) is 4.98 Å². The molecule has 1 saturated heterocycles. The molecule has 1 fully saturated rings. The number of oxazole rings is 1. The summed E-state index contributed by atoms with van der Waals surface area (Å²) in [5.41, 5.74) is 3.84. The van der Waals surface area contributed by atoms with E-state index in [4.69, 9.17) is 23.8 Å². The van der Waals surface area contributed by atoms with Crippen LogP contribution in [0.2, 0.25) is 0 Å². The molecule has 0 aliphatic carbocycles. The highest BCUT2D eigenvalue weighted by Gasteiger charge is 2.35. The third-order valence-corrected chi connectivity index (χ3v) is 7.96. The summed E-state index contributed by atoms with van der Waals surface area (Å²) in [5.74, 6) is 1.24. The number of allylic oxidation sites excluding steroid dienone is 1. The van der Waals surface area contributed by atoms with E-state index in [0.717, 1.165) is 29.5 Å². The first kappa shape index (κ1) is 27.7. The van der Waals surface area contributed by atoms with Gasteiger partial charge in [-0.15, -0.1) is 0 Å². The fourth-order valence-electron chi connectivity index (χ4n) is 4.79. The summed E-state index contributed by atoms with van der Waals surface area (Å²) in [7, 11) is -2.05. The highest BCUT2D eigenvalue weighted by molar-refractivity contribution is 7.89. The summed E-state index contributed by atoms with van der Waals surface area (Å²) in [4.78, 5) is 8.88. The first-order valence-electron chi connectivity index (χ1n) is 12.9. The summed E-state index contributed by atoms with van der Waals surface area (Å²) in [6.07, 6.45) is 8.96. The maximum absolute atomic E-state index is 11.6. The topological polar surface area (TPSA) is 127 Å². The number of ether oxygens (including phenoxy) is 3. The Hall–Kier alpha value is -3.83. The Morgan fingerprint density at radius 3 is 2.52 bits per heavy atom. The molecule has 2 N–H and O–H groups in total. The van der Waals surface area contributed by atoms with Gasteiger partial charge >= 0.3 is 0 Å². The van der Waals surface area contributed by atoms with Crippen LogP contribution in [0.5, 0.6) is 0 Å². The van der Waals surface area contributed by atoms with Crippen LogP contribution in [-0.4, -0.2) is 38.7 Å². The van der Waals surface area contributed by atoms with Gasteiger partial charge in [0.05, 0.1) is 16.2 Å². The molecular formula is C30H31N3O6S. The van der Waals surface area contributed by atoms with E-state index in [9.17, 15) is 8.42 Å². The number of pyridine rings is 1. The normalized spacial score (nSPS) is 15.6. The molecule has 0 unspecified atom stereocenters. The lowest BCUT2D eigenvalue weighted by atomic mass is 9.86. The van der Waals surface area contributed by atoms with Crippen molar-refractivity contribution in [3.63, 3.8) is 0 Å². The SMILES string of the molecule is COC1(c2cncc(CO/C(=C/Cc3ncoc3-c3ccc(S(N)(=O)=O)cc3)c3ccccc3)c2)CCOCC1. The highest BCUT2D eigenvalue weighted by atomic mass is 32.2. The molecule has 9 nitrogen and oxygen atoms in total. The molecule has 5 rings (SSSR count). The Morgan fingerprint density at radius 2 is 1.82 bits per heavy atom. The third kappa shape index (κ3) is 6.31. The number of aromatic nitrogens is 2. The highest BCUT2D eigenvalue weighted by Crippen LogP contribution is 2.35. The molecule has 10 heteroatoms. The number of nitrogens with zero attached hydrogens (tertiary/aromatic N) is 2. The van der Waals surface area contributed by atoms with Gasteiger partial charge in [0.1, 0.15) is 12.4 Å².